The Kier molecular flexibility index (Phi) is 6.57. The van der Waals surface area contributed by atoms with Crippen LogP contribution in [-0.4, -0.2) is 32.6 Å². The van der Waals surface area contributed by atoms with Crippen molar-refractivity contribution in [2.24, 2.45) is 0 Å². The molecule has 12 heteroatoms. The van der Waals surface area contributed by atoms with Gasteiger partial charge in [0.1, 0.15) is 0 Å². The minimum Gasteiger partial charge on any atom is -0.595 e. The Morgan fingerprint density at radius 2 is 1.12 bits per heavy atom. The summed E-state index contributed by atoms with van der Waals surface area (Å²) in [5.41, 5.74) is -0.842. The van der Waals surface area contributed by atoms with Crippen LogP contribution in [-0.2, 0) is 0 Å². The van der Waals surface area contributed by atoms with Crippen LogP contribution >= 0.6 is 21.6 Å². The van der Waals surface area contributed by atoms with Crippen molar-refractivity contribution >= 4 is 44.9 Å². The lowest BCUT2D eigenvalue weighted by Gasteiger charge is -2.17. The van der Waals surface area contributed by atoms with Crippen molar-refractivity contribution in [1.29, 1.82) is 0 Å². The van der Waals surface area contributed by atoms with Gasteiger partial charge < -0.3 is 20.6 Å². The molecule has 138 valence electrons. The highest BCUT2D eigenvalue weighted by atomic mass is 33.1. The van der Waals surface area contributed by atoms with Gasteiger partial charge in [0.05, 0.1) is 20.9 Å². The van der Waals surface area contributed by atoms with E-state index < -0.39 is 22.4 Å². The van der Waals surface area contributed by atoms with Crippen LogP contribution in [0.25, 0.3) is 0 Å². The Morgan fingerprint density at radius 3 is 1.38 bits per heavy atom. The number of carbonyl (C=O) groups is 2. The summed E-state index contributed by atoms with van der Waals surface area (Å²) < 4.78 is 0. The quantitative estimate of drug-likeness (QED) is 0.287. The van der Waals surface area contributed by atoms with E-state index in [1.165, 1.54) is 24.3 Å². The molecule has 0 aliphatic rings. The van der Waals surface area contributed by atoms with Gasteiger partial charge in [-0.1, -0.05) is 0 Å². The molecule has 0 saturated carbocycles. The first-order chi connectivity index (χ1) is 12.2. The first-order valence-corrected chi connectivity index (χ1v) is 8.91. The van der Waals surface area contributed by atoms with E-state index in [4.69, 9.17) is 10.2 Å². The van der Waals surface area contributed by atoms with Gasteiger partial charge in [0.2, 0.25) is 0 Å². The SMILES string of the molecule is O=C(O)c1ccc(SSc2ccc(C(=O)O)cc2[NH+]([O-])O)c([NH+]([O-])O)c1. The maximum Gasteiger partial charge on any atom is 0.335 e. The lowest BCUT2D eigenvalue weighted by atomic mass is 10.2. The summed E-state index contributed by atoms with van der Waals surface area (Å²) in [4.78, 5) is 22.4. The maximum atomic E-state index is 11.3. The zero-order valence-electron chi connectivity index (χ0n) is 12.7. The van der Waals surface area contributed by atoms with E-state index in [9.17, 15) is 30.4 Å². The Morgan fingerprint density at radius 1 is 0.769 bits per heavy atom. The molecule has 2 atom stereocenters. The van der Waals surface area contributed by atoms with Crippen LogP contribution in [0, 0.1) is 10.4 Å². The largest absolute Gasteiger partial charge is 0.595 e. The topological polar surface area (TPSA) is 170 Å². The molecule has 0 heterocycles. The molecule has 0 radical (unpaired) electrons. The van der Waals surface area contributed by atoms with Crippen molar-refractivity contribution in [2.75, 3.05) is 0 Å². The molecule has 0 aliphatic heterocycles. The zero-order chi connectivity index (χ0) is 19.4. The van der Waals surface area contributed by atoms with E-state index in [2.05, 4.69) is 0 Å². The summed E-state index contributed by atoms with van der Waals surface area (Å²) in [5, 5.41) is 56.4. The fraction of sp³-hybridized carbons (Fsp3) is 0. The van der Waals surface area contributed by atoms with Gasteiger partial charge in [-0.25, -0.2) is 20.0 Å². The van der Waals surface area contributed by atoms with Gasteiger partial charge in [-0.2, -0.15) is 10.5 Å². The van der Waals surface area contributed by atoms with Crippen LogP contribution in [0.2, 0.25) is 0 Å². The van der Waals surface area contributed by atoms with Crippen LogP contribution in [0.5, 0.6) is 0 Å². The van der Waals surface area contributed by atoms with Crippen LogP contribution in [0.4, 0.5) is 11.4 Å². The summed E-state index contributed by atoms with van der Waals surface area (Å²) in [5.74, 6) is -2.54. The lowest BCUT2D eigenvalue weighted by molar-refractivity contribution is -0.992. The first kappa shape index (κ1) is 20.2. The third-order valence-corrected chi connectivity index (χ3v) is 5.62. The van der Waals surface area contributed by atoms with Gasteiger partial charge in [0, 0.05) is 12.1 Å². The first-order valence-electron chi connectivity index (χ1n) is 6.76. The summed E-state index contributed by atoms with van der Waals surface area (Å²) in [6.45, 7) is 0. The average molecular weight is 400 g/mol. The van der Waals surface area contributed by atoms with Gasteiger partial charge in [-0.3, -0.25) is 0 Å². The average Bonchev–Trinajstić information content (AvgIpc) is 2.59. The van der Waals surface area contributed by atoms with Crippen molar-refractivity contribution < 1.29 is 40.7 Å². The molecule has 26 heavy (non-hydrogen) atoms. The van der Waals surface area contributed by atoms with E-state index in [0.29, 0.717) is 0 Å². The highest BCUT2D eigenvalue weighted by Crippen LogP contribution is 2.42. The molecule has 0 amide bonds. The molecule has 0 aliphatic carbocycles. The second-order valence-electron chi connectivity index (χ2n) is 4.81. The maximum absolute atomic E-state index is 11.3. The second kappa shape index (κ2) is 8.48. The number of aromatic carboxylic acids is 2. The highest BCUT2D eigenvalue weighted by Gasteiger charge is 2.18. The summed E-state index contributed by atoms with van der Waals surface area (Å²) in [6, 6.07) is 7.14. The number of rotatable bonds is 7. The molecule has 2 aromatic carbocycles. The fourth-order valence-corrected chi connectivity index (χ4v) is 4.20. The fourth-order valence-electron chi connectivity index (χ4n) is 1.90. The predicted octanol–water partition coefficient (Wildman–Crippen LogP) is 0.689. The van der Waals surface area contributed by atoms with E-state index >= 15 is 0 Å². The third-order valence-electron chi connectivity index (χ3n) is 3.14. The molecule has 0 saturated heterocycles. The Bertz CT molecular complexity index is 774. The van der Waals surface area contributed by atoms with Gasteiger partial charge in [-0.05, 0) is 45.9 Å². The van der Waals surface area contributed by atoms with Crippen molar-refractivity contribution in [2.45, 2.75) is 9.79 Å². The minimum atomic E-state index is -1.32. The van der Waals surface area contributed by atoms with Gasteiger partial charge in [0.15, 0.2) is 11.4 Å². The predicted molar refractivity (Wildman–Crippen MR) is 90.1 cm³/mol. The molecular formula is C14H12N2O8S2. The number of quaternary nitrogens is 2. The molecule has 2 unspecified atom stereocenters. The number of carboxylic acid groups (broad SMARTS) is 2. The third kappa shape index (κ3) is 4.72. The summed E-state index contributed by atoms with van der Waals surface area (Å²) in [7, 11) is 1.85. The molecule has 0 fully saturated rings. The molecular weight excluding hydrogens is 388 g/mol. The molecule has 0 aromatic heterocycles. The summed E-state index contributed by atoms with van der Waals surface area (Å²) >= 11 is 0. The Balaban J connectivity index is 2.31. The molecule has 10 nitrogen and oxygen atoms in total. The van der Waals surface area contributed by atoms with Crippen LogP contribution in [0.1, 0.15) is 20.7 Å². The normalized spacial score (nSPS) is 13.2. The van der Waals surface area contributed by atoms with Gasteiger partial charge in [-0.15, -0.1) is 0 Å². The number of carboxylic acids is 2. The standard InChI is InChI=1S/C14H12N2O8S2/c17-13(18)7-1-3-11(9(5-7)15(21)22)25-26-12-4-2-8(14(19)20)6-10(12)16(23)24/h1-6,15-16,21,23H,(H,17,18)(H,19,20). The van der Waals surface area contributed by atoms with Crippen molar-refractivity contribution in [3.8, 4) is 0 Å². The van der Waals surface area contributed by atoms with Crippen molar-refractivity contribution in [1.82, 2.24) is 0 Å². The van der Waals surface area contributed by atoms with E-state index in [1.807, 2.05) is 0 Å². The number of hydrogen-bond acceptors (Lipinski definition) is 8. The molecule has 0 bridgehead atoms. The minimum absolute atomic E-state index is 0.186. The van der Waals surface area contributed by atoms with E-state index in [0.717, 1.165) is 33.7 Å². The Hall–Kier alpha value is -2.16. The molecule has 6 N–H and O–H groups in total. The highest BCUT2D eigenvalue weighted by molar-refractivity contribution is 8.76. The molecule has 2 rings (SSSR count). The number of benzene rings is 2. The van der Waals surface area contributed by atoms with Crippen molar-refractivity contribution in [3.05, 3.63) is 57.9 Å². The van der Waals surface area contributed by atoms with Crippen molar-refractivity contribution in [3.63, 3.8) is 0 Å². The Labute approximate surface area is 153 Å². The van der Waals surface area contributed by atoms with Crippen LogP contribution in [0.15, 0.2) is 46.2 Å². The number of hydrogen-bond donors (Lipinski definition) is 6. The molecule has 0 spiro atoms. The van der Waals surface area contributed by atoms with Gasteiger partial charge >= 0.3 is 11.9 Å². The lowest BCUT2D eigenvalue weighted by Crippen LogP contribution is -2.99. The smallest absolute Gasteiger partial charge is 0.335 e. The van der Waals surface area contributed by atoms with Crippen LogP contribution < -0.4 is 10.5 Å². The van der Waals surface area contributed by atoms with Gasteiger partial charge in [0.25, 0.3) is 0 Å². The summed E-state index contributed by atoms with van der Waals surface area (Å²) in [6.07, 6.45) is 0. The second-order valence-corrected chi connectivity index (χ2v) is 7.02. The van der Waals surface area contributed by atoms with E-state index in [-0.39, 0.29) is 32.3 Å². The molecule has 2 aromatic rings. The zero-order valence-corrected chi connectivity index (χ0v) is 14.3. The van der Waals surface area contributed by atoms with Crippen LogP contribution in [0.3, 0.4) is 0 Å². The number of nitrogens with one attached hydrogen (secondary N) is 2. The monoisotopic (exact) mass is 400 g/mol. The van der Waals surface area contributed by atoms with E-state index in [1.54, 1.807) is 0 Å².